The fourth-order valence-corrected chi connectivity index (χ4v) is 1.22. The summed E-state index contributed by atoms with van der Waals surface area (Å²) in [5.41, 5.74) is 0. The Hall–Kier alpha value is -0.380. The van der Waals surface area contributed by atoms with Crippen LogP contribution in [0.1, 0.15) is 6.42 Å². The van der Waals surface area contributed by atoms with Crippen molar-refractivity contribution in [1.82, 2.24) is 0 Å². The fourth-order valence-electron chi connectivity index (χ4n) is 0.406. The molecule has 3 nitrogen and oxygen atoms in total. The van der Waals surface area contributed by atoms with Gasteiger partial charge in [-0.25, -0.2) is 0 Å². The molecule has 0 aromatic carbocycles. The lowest BCUT2D eigenvalue weighted by molar-refractivity contribution is 0.542. The molecular formula is C3H6N2OS. The molecule has 0 fully saturated rings. The van der Waals surface area contributed by atoms with Crippen LogP contribution in [0.2, 0.25) is 0 Å². The minimum Gasteiger partial charge on any atom is -0.496 e. The number of hydrogen-bond acceptors (Lipinski definition) is 1. The number of hydrogen-bond donors (Lipinski definition) is 2. The van der Waals surface area contributed by atoms with Crippen LogP contribution in [0.4, 0.5) is 0 Å². The highest BCUT2D eigenvalue weighted by Gasteiger charge is 2.05. The summed E-state index contributed by atoms with van der Waals surface area (Å²) in [6, 6.07) is 0. The van der Waals surface area contributed by atoms with Crippen molar-refractivity contribution in [2.75, 3.05) is 5.75 Å². The third-order valence-corrected chi connectivity index (χ3v) is 1.76. The van der Waals surface area contributed by atoms with Gasteiger partial charge in [0.05, 0.1) is 0 Å². The number of aliphatic hydroxyl groups excluding tert-OH is 1. The molecule has 0 spiro atoms. The minimum atomic E-state index is -0.615. The molecule has 0 amide bonds. The quantitative estimate of drug-likeness (QED) is 0.482. The van der Waals surface area contributed by atoms with Gasteiger partial charge in [-0.3, -0.25) is 4.78 Å². The van der Waals surface area contributed by atoms with E-state index < -0.39 is 10.9 Å². The van der Waals surface area contributed by atoms with E-state index in [1.54, 1.807) is 0 Å². The monoisotopic (exact) mass is 118 g/mol. The summed E-state index contributed by atoms with van der Waals surface area (Å²) in [5, 5.41) is 8.54. The van der Waals surface area contributed by atoms with Crippen molar-refractivity contribution in [3.05, 3.63) is 0 Å². The Balaban J connectivity index is 2.67. The van der Waals surface area contributed by atoms with Crippen molar-refractivity contribution < 1.29 is 5.11 Å². The second kappa shape index (κ2) is 1.61. The summed E-state index contributed by atoms with van der Waals surface area (Å²) in [7, 11) is -0.615. The lowest BCUT2D eigenvalue weighted by atomic mass is 10.5. The van der Waals surface area contributed by atoms with E-state index in [0.29, 0.717) is 12.2 Å². The number of nitrogens with one attached hydrogen (secondary N) is 1. The van der Waals surface area contributed by atoms with Gasteiger partial charge >= 0.3 is 0 Å². The Morgan fingerprint density at radius 2 is 2.57 bits per heavy atom. The van der Waals surface area contributed by atoms with Crippen LogP contribution in [0, 0.1) is 4.78 Å². The first-order valence-corrected chi connectivity index (χ1v) is 3.33. The zero-order valence-corrected chi connectivity index (χ0v) is 4.53. The first-order chi connectivity index (χ1) is 3.29. The molecule has 40 valence electrons. The maximum atomic E-state index is 8.54. The summed E-state index contributed by atoms with van der Waals surface area (Å²) in [4.78, 5) is 0. The van der Waals surface area contributed by atoms with Gasteiger partial charge in [0.25, 0.3) is 0 Å². The molecule has 0 aromatic heterocycles. The highest BCUT2D eigenvalue weighted by Crippen LogP contribution is 2.00. The summed E-state index contributed by atoms with van der Waals surface area (Å²) in [6.07, 6.45) is 0.604. The van der Waals surface area contributed by atoms with Crippen LogP contribution in [0.3, 0.4) is 0 Å². The van der Waals surface area contributed by atoms with Crippen LogP contribution in [-0.4, -0.2) is 16.8 Å². The lowest BCUT2D eigenvalue weighted by Crippen LogP contribution is -1.87. The van der Waals surface area contributed by atoms with E-state index in [2.05, 4.69) is 4.40 Å². The Morgan fingerprint density at radius 3 is 2.71 bits per heavy atom. The van der Waals surface area contributed by atoms with E-state index in [9.17, 15) is 0 Å². The molecule has 1 unspecified atom stereocenters. The summed E-state index contributed by atoms with van der Waals surface area (Å²) in [6.45, 7) is 0. The number of rotatable bonds is 0. The zero-order chi connectivity index (χ0) is 5.28. The van der Waals surface area contributed by atoms with E-state index in [4.69, 9.17) is 9.89 Å². The van der Waals surface area contributed by atoms with Gasteiger partial charge in [0.1, 0.15) is 0 Å². The maximum absolute atomic E-state index is 8.54. The second-order valence-electron chi connectivity index (χ2n) is 1.33. The Labute approximate surface area is 44.1 Å². The molecule has 0 saturated carbocycles. The van der Waals surface area contributed by atoms with Crippen molar-refractivity contribution in [2.24, 2.45) is 4.40 Å². The molecule has 1 atom stereocenters. The molecule has 1 aliphatic rings. The first kappa shape index (κ1) is 4.77. The van der Waals surface area contributed by atoms with Crippen LogP contribution in [0.5, 0.6) is 0 Å². The molecule has 0 radical (unpaired) electrons. The average Bonchev–Trinajstić information content (AvgIpc) is 1.87. The molecular weight excluding hydrogens is 112 g/mol. The highest BCUT2D eigenvalue weighted by molar-refractivity contribution is 7.85. The molecule has 7 heavy (non-hydrogen) atoms. The van der Waals surface area contributed by atoms with Crippen molar-refractivity contribution in [3.63, 3.8) is 0 Å². The molecule has 0 aromatic rings. The number of aliphatic hydroxyl groups is 1. The van der Waals surface area contributed by atoms with Crippen LogP contribution in [0.15, 0.2) is 4.40 Å². The van der Waals surface area contributed by atoms with E-state index in [-0.39, 0.29) is 5.90 Å². The van der Waals surface area contributed by atoms with Gasteiger partial charge < -0.3 is 5.11 Å². The second-order valence-corrected chi connectivity index (χ2v) is 2.65. The van der Waals surface area contributed by atoms with Gasteiger partial charge in [-0.1, -0.05) is 0 Å². The van der Waals surface area contributed by atoms with Crippen LogP contribution < -0.4 is 0 Å². The largest absolute Gasteiger partial charge is 0.496 e. The molecule has 4 heteroatoms. The summed E-state index contributed by atoms with van der Waals surface area (Å²) in [5.74, 6) is 0.865. The maximum Gasteiger partial charge on any atom is 0.194 e. The molecule has 0 saturated heterocycles. The van der Waals surface area contributed by atoms with E-state index >= 15 is 0 Å². The minimum absolute atomic E-state index is 0.151. The van der Waals surface area contributed by atoms with Crippen molar-refractivity contribution in [3.8, 4) is 0 Å². The molecule has 0 aliphatic carbocycles. The predicted octanol–water partition coefficient (Wildman–Crippen LogP) is 0.642. The van der Waals surface area contributed by atoms with Crippen LogP contribution in [0.25, 0.3) is 0 Å². The third-order valence-electron chi connectivity index (χ3n) is 0.735. The fraction of sp³-hybridized carbons (Fsp3) is 0.667. The average molecular weight is 118 g/mol. The van der Waals surface area contributed by atoms with Crippen LogP contribution >= 0.6 is 0 Å². The van der Waals surface area contributed by atoms with E-state index in [0.717, 1.165) is 0 Å². The SMILES string of the molecule is N=S1CCC(O)=N1. The molecule has 2 N–H and O–H groups in total. The predicted molar refractivity (Wildman–Crippen MR) is 29.6 cm³/mol. The molecule has 0 bridgehead atoms. The molecule has 1 aliphatic heterocycles. The highest BCUT2D eigenvalue weighted by atomic mass is 32.2. The summed E-state index contributed by atoms with van der Waals surface area (Å²) >= 11 is 0. The lowest BCUT2D eigenvalue weighted by Gasteiger charge is -1.76. The van der Waals surface area contributed by atoms with Gasteiger partial charge in [-0.15, -0.1) is 0 Å². The third kappa shape index (κ3) is 0.991. The van der Waals surface area contributed by atoms with Gasteiger partial charge in [-0.05, 0) is 0 Å². The van der Waals surface area contributed by atoms with Gasteiger partial charge in [0, 0.05) is 23.1 Å². The normalized spacial score (nSPS) is 30.3. The van der Waals surface area contributed by atoms with Crippen molar-refractivity contribution in [2.45, 2.75) is 6.42 Å². The first-order valence-electron chi connectivity index (χ1n) is 1.98. The standard InChI is InChI=1S/C3H6N2OS/c4-7-2-1-3(6)5-7/h4H,1-2H2,(H,5,6). The molecule has 1 heterocycles. The Kier molecular flexibility index (Phi) is 1.10. The number of nitrogens with zero attached hydrogens (tertiary/aromatic N) is 1. The van der Waals surface area contributed by atoms with Gasteiger partial charge in [0.15, 0.2) is 5.90 Å². The van der Waals surface area contributed by atoms with Crippen LogP contribution in [-0.2, 0) is 10.9 Å². The van der Waals surface area contributed by atoms with E-state index in [1.165, 1.54) is 0 Å². The van der Waals surface area contributed by atoms with Crippen molar-refractivity contribution >= 4 is 16.8 Å². The zero-order valence-electron chi connectivity index (χ0n) is 3.72. The Morgan fingerprint density at radius 1 is 1.86 bits per heavy atom. The van der Waals surface area contributed by atoms with Crippen molar-refractivity contribution in [1.29, 1.82) is 4.78 Å². The molecule has 1 rings (SSSR count). The van der Waals surface area contributed by atoms with E-state index in [1.807, 2.05) is 0 Å². The Bertz CT molecular complexity index is 131. The van der Waals surface area contributed by atoms with Gasteiger partial charge in [0.2, 0.25) is 0 Å². The summed E-state index contributed by atoms with van der Waals surface area (Å²) < 4.78 is 10.5. The smallest absolute Gasteiger partial charge is 0.194 e. The van der Waals surface area contributed by atoms with Gasteiger partial charge in [-0.2, -0.15) is 4.40 Å². The topological polar surface area (TPSA) is 56.4 Å².